The van der Waals surface area contributed by atoms with Gasteiger partial charge in [-0.1, -0.05) is 12.1 Å². The zero-order valence-electron chi connectivity index (χ0n) is 10.2. The molecule has 0 aliphatic rings. The number of benzene rings is 1. The Balaban J connectivity index is 2.64. The van der Waals surface area contributed by atoms with E-state index in [1.165, 1.54) is 7.11 Å². The van der Waals surface area contributed by atoms with Crippen LogP contribution in [0.4, 0.5) is 4.39 Å². The number of rotatable bonds is 6. The van der Waals surface area contributed by atoms with Gasteiger partial charge in [0.1, 0.15) is 0 Å². The fourth-order valence-electron chi connectivity index (χ4n) is 1.52. The maximum atomic E-state index is 13.8. The Kier molecular flexibility index (Phi) is 4.90. The summed E-state index contributed by atoms with van der Waals surface area (Å²) in [6, 6.07) is 5.08. The van der Waals surface area contributed by atoms with Crippen LogP contribution in [0, 0.1) is 11.2 Å². The molecule has 0 heterocycles. The minimum absolute atomic E-state index is 0.142. The van der Waals surface area contributed by atoms with Gasteiger partial charge >= 0.3 is 0 Å². The summed E-state index contributed by atoms with van der Waals surface area (Å²) in [5.41, 5.74) is 5.85. The molecule has 0 unspecified atom stereocenters. The van der Waals surface area contributed by atoms with Gasteiger partial charge in [0, 0.05) is 25.1 Å². The van der Waals surface area contributed by atoms with E-state index in [0.29, 0.717) is 25.1 Å². The van der Waals surface area contributed by atoms with Crippen LogP contribution < -0.4 is 10.5 Å². The maximum Gasteiger partial charge on any atom is 0.169 e. The first-order valence-corrected chi connectivity index (χ1v) is 5.37. The van der Waals surface area contributed by atoms with E-state index in [-0.39, 0.29) is 17.4 Å². The van der Waals surface area contributed by atoms with Crippen LogP contribution >= 0.6 is 0 Å². The van der Waals surface area contributed by atoms with E-state index in [4.69, 9.17) is 15.9 Å². The topological polar surface area (TPSA) is 62.3 Å². The van der Waals surface area contributed by atoms with Crippen LogP contribution in [0.25, 0.3) is 0 Å². The average Bonchev–Trinajstić information content (AvgIpc) is 2.29. The van der Waals surface area contributed by atoms with E-state index < -0.39 is 0 Å². The van der Waals surface area contributed by atoms with Gasteiger partial charge in [0.25, 0.3) is 0 Å². The van der Waals surface area contributed by atoms with E-state index >= 15 is 0 Å². The third kappa shape index (κ3) is 4.03. The number of hydrogen-bond acceptors (Lipinski definition) is 3. The summed E-state index contributed by atoms with van der Waals surface area (Å²) in [7, 11) is 3.31. The van der Waals surface area contributed by atoms with Crippen molar-refractivity contribution in [2.24, 2.45) is 5.73 Å². The SMILES string of the molecule is COc1cccc(CN(C)CCC(=N)N)c1F. The second-order valence-corrected chi connectivity index (χ2v) is 3.95. The largest absolute Gasteiger partial charge is 0.494 e. The van der Waals surface area contributed by atoms with Crippen molar-refractivity contribution in [3.8, 4) is 5.75 Å². The third-order valence-electron chi connectivity index (χ3n) is 2.47. The molecule has 17 heavy (non-hydrogen) atoms. The number of halogens is 1. The van der Waals surface area contributed by atoms with Crippen LogP contribution in [0.1, 0.15) is 12.0 Å². The smallest absolute Gasteiger partial charge is 0.169 e. The van der Waals surface area contributed by atoms with Crippen LogP contribution in [0.3, 0.4) is 0 Å². The molecule has 0 spiro atoms. The molecular formula is C12H18FN3O. The zero-order valence-corrected chi connectivity index (χ0v) is 10.2. The van der Waals surface area contributed by atoms with E-state index in [0.717, 1.165) is 0 Å². The Morgan fingerprint density at radius 3 is 2.82 bits per heavy atom. The number of ether oxygens (including phenoxy) is 1. The minimum atomic E-state index is -0.329. The average molecular weight is 239 g/mol. The molecule has 0 atom stereocenters. The number of amidine groups is 1. The Labute approximate surface area is 101 Å². The lowest BCUT2D eigenvalue weighted by atomic mass is 10.2. The monoisotopic (exact) mass is 239 g/mol. The molecule has 0 saturated carbocycles. The Hall–Kier alpha value is -1.62. The predicted octanol–water partition coefficient (Wildman–Crippen LogP) is 1.59. The van der Waals surface area contributed by atoms with Crippen molar-refractivity contribution >= 4 is 5.84 Å². The van der Waals surface area contributed by atoms with Gasteiger partial charge in [-0.25, -0.2) is 4.39 Å². The normalized spacial score (nSPS) is 10.6. The van der Waals surface area contributed by atoms with Gasteiger partial charge in [0.05, 0.1) is 12.9 Å². The fraction of sp³-hybridized carbons (Fsp3) is 0.417. The van der Waals surface area contributed by atoms with Crippen molar-refractivity contribution in [1.29, 1.82) is 5.41 Å². The number of hydrogen-bond donors (Lipinski definition) is 2. The van der Waals surface area contributed by atoms with E-state index in [1.807, 2.05) is 11.9 Å². The molecule has 1 aromatic rings. The van der Waals surface area contributed by atoms with Crippen LogP contribution in [0.2, 0.25) is 0 Å². The molecule has 1 rings (SSSR count). The Morgan fingerprint density at radius 2 is 2.24 bits per heavy atom. The van der Waals surface area contributed by atoms with Gasteiger partial charge in [-0.2, -0.15) is 0 Å². The molecule has 0 radical (unpaired) electrons. The van der Waals surface area contributed by atoms with Crippen molar-refractivity contribution in [3.63, 3.8) is 0 Å². The van der Waals surface area contributed by atoms with Crippen molar-refractivity contribution in [3.05, 3.63) is 29.6 Å². The quantitative estimate of drug-likeness (QED) is 0.585. The van der Waals surface area contributed by atoms with Crippen molar-refractivity contribution in [1.82, 2.24) is 4.90 Å². The highest BCUT2D eigenvalue weighted by molar-refractivity contribution is 5.76. The van der Waals surface area contributed by atoms with E-state index in [1.54, 1.807) is 18.2 Å². The van der Waals surface area contributed by atoms with Crippen molar-refractivity contribution < 1.29 is 9.13 Å². The van der Waals surface area contributed by atoms with Gasteiger partial charge in [-0.3, -0.25) is 5.41 Å². The molecule has 0 amide bonds. The Bertz CT molecular complexity index is 395. The molecule has 94 valence electrons. The van der Waals surface area contributed by atoms with E-state index in [2.05, 4.69) is 0 Å². The molecule has 0 aliphatic carbocycles. The standard InChI is InChI=1S/C12H18FN3O/c1-16(7-6-11(14)15)8-9-4-3-5-10(17-2)12(9)13/h3-5H,6-8H2,1-2H3,(H3,14,15). The van der Waals surface area contributed by atoms with Gasteiger partial charge < -0.3 is 15.4 Å². The molecule has 0 bridgehead atoms. The summed E-state index contributed by atoms with van der Waals surface area (Å²) in [5.74, 6) is 0.0649. The predicted molar refractivity (Wildman–Crippen MR) is 65.8 cm³/mol. The summed E-state index contributed by atoms with van der Waals surface area (Å²) >= 11 is 0. The fourth-order valence-corrected chi connectivity index (χ4v) is 1.52. The lowest BCUT2D eigenvalue weighted by Crippen LogP contribution is -2.24. The second-order valence-electron chi connectivity index (χ2n) is 3.95. The van der Waals surface area contributed by atoms with Gasteiger partial charge in [0.2, 0.25) is 0 Å². The molecule has 5 heteroatoms. The number of nitrogens with zero attached hydrogens (tertiary/aromatic N) is 1. The number of methoxy groups -OCH3 is 1. The molecule has 0 fully saturated rings. The van der Waals surface area contributed by atoms with Crippen LogP contribution in [-0.2, 0) is 6.54 Å². The lowest BCUT2D eigenvalue weighted by molar-refractivity contribution is 0.324. The zero-order chi connectivity index (χ0) is 12.8. The first kappa shape index (κ1) is 13.4. The molecule has 0 aromatic heterocycles. The van der Waals surface area contributed by atoms with Gasteiger partial charge in [0.15, 0.2) is 11.6 Å². The highest BCUT2D eigenvalue weighted by Gasteiger charge is 2.10. The van der Waals surface area contributed by atoms with Crippen molar-refractivity contribution in [2.45, 2.75) is 13.0 Å². The second kappa shape index (κ2) is 6.20. The summed E-state index contributed by atoms with van der Waals surface area (Å²) < 4.78 is 18.7. The Morgan fingerprint density at radius 1 is 1.53 bits per heavy atom. The molecular weight excluding hydrogens is 221 g/mol. The lowest BCUT2D eigenvalue weighted by Gasteiger charge is -2.17. The summed E-state index contributed by atoms with van der Waals surface area (Å²) in [6.45, 7) is 1.10. The molecule has 0 saturated heterocycles. The molecule has 0 aliphatic heterocycles. The maximum absolute atomic E-state index is 13.8. The highest BCUT2D eigenvalue weighted by atomic mass is 19.1. The molecule has 1 aromatic carbocycles. The molecule has 3 N–H and O–H groups in total. The first-order chi connectivity index (χ1) is 8.04. The van der Waals surface area contributed by atoms with E-state index in [9.17, 15) is 4.39 Å². The summed E-state index contributed by atoms with van der Waals surface area (Å²) in [5, 5.41) is 7.13. The third-order valence-corrected chi connectivity index (χ3v) is 2.47. The first-order valence-electron chi connectivity index (χ1n) is 5.37. The molecule has 4 nitrogen and oxygen atoms in total. The van der Waals surface area contributed by atoms with Crippen LogP contribution in [-0.4, -0.2) is 31.4 Å². The van der Waals surface area contributed by atoms with Gasteiger partial charge in [-0.05, 0) is 13.1 Å². The van der Waals surface area contributed by atoms with Crippen LogP contribution in [0.5, 0.6) is 5.75 Å². The summed E-state index contributed by atoms with van der Waals surface area (Å²) in [4.78, 5) is 1.92. The van der Waals surface area contributed by atoms with Gasteiger partial charge in [-0.15, -0.1) is 0 Å². The van der Waals surface area contributed by atoms with Crippen LogP contribution in [0.15, 0.2) is 18.2 Å². The number of nitrogens with one attached hydrogen (secondary N) is 1. The summed E-state index contributed by atoms with van der Waals surface area (Å²) in [6.07, 6.45) is 0.488. The number of nitrogens with two attached hydrogens (primary N) is 1. The minimum Gasteiger partial charge on any atom is -0.494 e. The van der Waals surface area contributed by atoms with Crippen molar-refractivity contribution in [2.75, 3.05) is 20.7 Å². The highest BCUT2D eigenvalue weighted by Crippen LogP contribution is 2.20.